The Hall–Kier alpha value is -1.67. The van der Waals surface area contributed by atoms with E-state index < -0.39 is 0 Å². The number of hydrogen-bond acceptors (Lipinski definition) is 6. The number of rotatable bonds is 5. The first-order valence-corrected chi connectivity index (χ1v) is 9.87. The molecular weight excluding hydrogens is 394 g/mol. The second-order valence-corrected chi connectivity index (χ2v) is 7.60. The Balaban J connectivity index is 1.49. The summed E-state index contributed by atoms with van der Waals surface area (Å²) in [6.07, 6.45) is 3.61. The van der Waals surface area contributed by atoms with Crippen molar-refractivity contribution in [2.75, 3.05) is 57.3 Å². The van der Waals surface area contributed by atoms with Gasteiger partial charge >= 0.3 is 0 Å². The van der Waals surface area contributed by atoms with E-state index in [2.05, 4.69) is 41.7 Å². The van der Waals surface area contributed by atoms with Gasteiger partial charge in [-0.25, -0.2) is 0 Å². The molecule has 4 rings (SSSR count). The fourth-order valence-corrected chi connectivity index (χ4v) is 3.96. The molecule has 0 amide bonds. The Kier molecular flexibility index (Phi) is 5.40. The average Bonchev–Trinajstić information content (AvgIpc) is 2.67. The number of aromatic nitrogens is 1. The molecule has 0 saturated carbocycles. The Morgan fingerprint density at radius 1 is 0.962 bits per heavy atom. The van der Waals surface area contributed by atoms with Gasteiger partial charge in [-0.2, -0.15) is 0 Å². The lowest BCUT2D eigenvalue weighted by Crippen LogP contribution is -2.49. The van der Waals surface area contributed by atoms with Crippen molar-refractivity contribution in [2.24, 2.45) is 5.73 Å². The lowest BCUT2D eigenvalue weighted by molar-refractivity contribution is 0.138. The van der Waals surface area contributed by atoms with Crippen LogP contribution >= 0.6 is 15.9 Å². The number of pyridine rings is 1. The Labute approximate surface area is 162 Å². The highest BCUT2D eigenvalue weighted by Gasteiger charge is 2.25. The fourth-order valence-electron chi connectivity index (χ4n) is 3.61. The van der Waals surface area contributed by atoms with Crippen molar-refractivity contribution in [3.05, 3.63) is 41.1 Å². The molecule has 2 N–H and O–H groups in total. The van der Waals surface area contributed by atoms with Gasteiger partial charge < -0.3 is 15.4 Å². The minimum absolute atomic E-state index is 0.740. The van der Waals surface area contributed by atoms with Gasteiger partial charge in [-0.1, -0.05) is 15.9 Å². The van der Waals surface area contributed by atoms with Gasteiger partial charge in [0.2, 0.25) is 0 Å². The average molecular weight is 418 g/mol. The Bertz CT molecular complexity index is 763. The first-order chi connectivity index (χ1) is 12.7. The van der Waals surface area contributed by atoms with Gasteiger partial charge in [-0.05, 0) is 24.3 Å². The minimum Gasteiger partial charge on any atom is -0.451 e. The third-order valence-electron chi connectivity index (χ3n) is 5.04. The summed E-state index contributed by atoms with van der Waals surface area (Å²) in [7, 11) is 0. The Morgan fingerprint density at radius 2 is 1.73 bits per heavy atom. The smallest absolute Gasteiger partial charge is 0.169 e. The molecule has 2 aliphatic rings. The number of benzene rings is 1. The second-order valence-electron chi connectivity index (χ2n) is 6.68. The van der Waals surface area contributed by atoms with Crippen molar-refractivity contribution >= 4 is 27.3 Å². The molecular formula is C19H24BrN5O. The van der Waals surface area contributed by atoms with Crippen molar-refractivity contribution in [2.45, 2.75) is 0 Å². The van der Waals surface area contributed by atoms with Crippen LogP contribution in [0.1, 0.15) is 0 Å². The molecule has 0 bridgehead atoms. The molecule has 0 aliphatic carbocycles. The molecule has 138 valence electrons. The van der Waals surface area contributed by atoms with Gasteiger partial charge in [0.1, 0.15) is 0 Å². The predicted octanol–water partition coefficient (Wildman–Crippen LogP) is 2.66. The molecule has 26 heavy (non-hydrogen) atoms. The predicted molar refractivity (Wildman–Crippen MR) is 107 cm³/mol. The number of nitrogens with two attached hydrogens (primary N) is 1. The van der Waals surface area contributed by atoms with Gasteiger partial charge in [-0.3, -0.25) is 14.8 Å². The number of hydrogen-bond donors (Lipinski definition) is 1. The van der Waals surface area contributed by atoms with Crippen molar-refractivity contribution in [1.29, 1.82) is 0 Å². The summed E-state index contributed by atoms with van der Waals surface area (Å²) in [5, 5.41) is 0. The molecule has 1 saturated heterocycles. The van der Waals surface area contributed by atoms with Gasteiger partial charge in [0.05, 0.1) is 17.6 Å². The lowest BCUT2D eigenvalue weighted by Gasteiger charge is -2.37. The van der Waals surface area contributed by atoms with E-state index >= 15 is 0 Å². The van der Waals surface area contributed by atoms with Gasteiger partial charge in [0.25, 0.3) is 0 Å². The van der Waals surface area contributed by atoms with Crippen LogP contribution in [-0.4, -0.2) is 67.1 Å². The molecule has 0 radical (unpaired) electrons. The molecule has 2 aliphatic heterocycles. The first kappa shape index (κ1) is 17.7. The van der Waals surface area contributed by atoms with Crippen LogP contribution in [0.3, 0.4) is 0 Å². The maximum absolute atomic E-state index is 6.04. The van der Waals surface area contributed by atoms with Crippen LogP contribution in [0.2, 0.25) is 0 Å². The number of anilines is 2. The molecule has 1 fully saturated rings. The molecule has 2 aromatic rings. The molecule has 0 spiro atoms. The number of nitrogens with zero attached hydrogens (tertiary/aromatic N) is 4. The third kappa shape index (κ3) is 3.71. The molecule has 0 unspecified atom stereocenters. The molecule has 3 heterocycles. The summed E-state index contributed by atoms with van der Waals surface area (Å²) >= 11 is 3.59. The molecule has 1 aromatic carbocycles. The van der Waals surface area contributed by atoms with E-state index in [1.165, 1.54) is 0 Å². The van der Waals surface area contributed by atoms with E-state index in [9.17, 15) is 0 Å². The van der Waals surface area contributed by atoms with E-state index in [1.807, 2.05) is 24.4 Å². The number of fused-ring (bicyclic) bond motifs is 2. The highest BCUT2D eigenvalue weighted by atomic mass is 79.9. The summed E-state index contributed by atoms with van der Waals surface area (Å²) in [5.74, 6) is 1.69. The zero-order valence-corrected chi connectivity index (χ0v) is 16.4. The molecule has 1 aromatic heterocycles. The van der Waals surface area contributed by atoms with Crippen molar-refractivity contribution in [3.63, 3.8) is 0 Å². The van der Waals surface area contributed by atoms with E-state index in [0.29, 0.717) is 0 Å². The Morgan fingerprint density at radius 3 is 2.50 bits per heavy atom. The van der Waals surface area contributed by atoms with E-state index in [0.717, 1.165) is 79.7 Å². The highest BCUT2D eigenvalue weighted by molar-refractivity contribution is 9.10. The number of ether oxygens (including phenoxy) is 1. The zero-order chi connectivity index (χ0) is 17.9. The van der Waals surface area contributed by atoms with Gasteiger partial charge in [0.15, 0.2) is 11.5 Å². The lowest BCUT2D eigenvalue weighted by atomic mass is 10.2. The monoisotopic (exact) mass is 417 g/mol. The third-order valence-corrected chi connectivity index (χ3v) is 5.53. The molecule has 6 nitrogen and oxygen atoms in total. The van der Waals surface area contributed by atoms with E-state index in [4.69, 9.17) is 10.5 Å². The topological polar surface area (TPSA) is 57.9 Å². The summed E-state index contributed by atoms with van der Waals surface area (Å²) in [6.45, 7) is 8.07. The van der Waals surface area contributed by atoms with Crippen LogP contribution in [0.15, 0.2) is 41.1 Å². The summed E-state index contributed by atoms with van der Waals surface area (Å²) < 4.78 is 7.09. The van der Waals surface area contributed by atoms with Crippen LogP contribution in [0.5, 0.6) is 11.5 Å². The van der Waals surface area contributed by atoms with Crippen LogP contribution in [0, 0.1) is 0 Å². The minimum atomic E-state index is 0.740. The maximum atomic E-state index is 6.04. The van der Waals surface area contributed by atoms with Gasteiger partial charge in [-0.15, -0.1) is 0 Å². The largest absolute Gasteiger partial charge is 0.451 e. The summed E-state index contributed by atoms with van der Waals surface area (Å²) in [5.41, 5.74) is 7.84. The summed E-state index contributed by atoms with van der Waals surface area (Å²) in [6, 6.07) is 8.17. The van der Waals surface area contributed by atoms with Crippen LogP contribution < -0.4 is 15.4 Å². The van der Waals surface area contributed by atoms with Crippen LogP contribution in [-0.2, 0) is 0 Å². The van der Waals surface area contributed by atoms with Crippen molar-refractivity contribution in [1.82, 2.24) is 14.8 Å². The van der Waals surface area contributed by atoms with Crippen molar-refractivity contribution < 1.29 is 4.74 Å². The van der Waals surface area contributed by atoms with Crippen LogP contribution in [0.25, 0.3) is 0 Å². The normalized spacial score (nSPS) is 17.5. The quantitative estimate of drug-likeness (QED) is 0.806. The second kappa shape index (κ2) is 7.92. The van der Waals surface area contributed by atoms with Crippen LogP contribution in [0.4, 0.5) is 11.4 Å². The molecule has 0 atom stereocenters. The standard InChI is InChI=1S/C19H24BrN5O/c20-15-1-2-18-17(13-15)25(16-3-5-22-14-19(16)26-18)12-11-24-9-7-23(6-4-21)8-10-24/h1-3,5,13-14H,4,6-12,21H2. The van der Waals surface area contributed by atoms with E-state index in [-0.39, 0.29) is 0 Å². The van der Waals surface area contributed by atoms with Gasteiger partial charge in [0, 0.05) is 63.0 Å². The van der Waals surface area contributed by atoms with Crippen molar-refractivity contribution in [3.8, 4) is 11.5 Å². The highest BCUT2D eigenvalue weighted by Crippen LogP contribution is 2.46. The number of piperazine rings is 1. The molecule has 7 heteroatoms. The zero-order valence-electron chi connectivity index (χ0n) is 14.8. The first-order valence-electron chi connectivity index (χ1n) is 9.08. The maximum Gasteiger partial charge on any atom is 0.169 e. The summed E-state index contributed by atoms with van der Waals surface area (Å²) in [4.78, 5) is 11.5. The van der Waals surface area contributed by atoms with E-state index in [1.54, 1.807) is 6.20 Å². The SMILES string of the molecule is NCCN1CCN(CCN2c3ccncc3Oc3ccc(Br)cc32)CC1. The fraction of sp³-hybridized carbons (Fsp3) is 0.421. The number of halogens is 1.